The van der Waals surface area contributed by atoms with E-state index in [1.54, 1.807) is 0 Å². The molecule has 0 aliphatic carbocycles. The molecule has 0 saturated heterocycles. The van der Waals surface area contributed by atoms with Gasteiger partial charge < -0.3 is 4.74 Å². The molecule has 0 rings (SSSR count). The predicted octanol–water partition coefficient (Wildman–Crippen LogP) is 0.259. The lowest BCUT2D eigenvalue weighted by molar-refractivity contribution is -0.139. The summed E-state index contributed by atoms with van der Waals surface area (Å²) in [5.41, 5.74) is 0.278. The van der Waals surface area contributed by atoms with Gasteiger partial charge in [-0.3, -0.25) is 8.74 Å². The lowest BCUT2D eigenvalue weighted by Gasteiger charge is -2.02. The predicted molar refractivity (Wildman–Crippen MR) is 42.5 cm³/mol. The molecule has 0 radical (unpaired) electrons. The van der Waals surface area contributed by atoms with Crippen LogP contribution in [0.15, 0.2) is 12.2 Å². The van der Waals surface area contributed by atoms with Gasteiger partial charge in [0.25, 0.3) is 0 Å². The minimum Gasteiger partial charge on any atom is -0.460 e. The van der Waals surface area contributed by atoms with Crippen molar-refractivity contribution in [2.75, 3.05) is 13.2 Å². The van der Waals surface area contributed by atoms with Crippen molar-refractivity contribution in [2.45, 2.75) is 6.92 Å². The van der Waals surface area contributed by atoms with E-state index in [1.807, 2.05) is 0 Å². The topological polar surface area (TPSA) is 72.8 Å². The standard InChI is InChI=1S/C6H10O5S/c1-5(2)6(7)10-3-4-11-12(8)9/h1,3-4H2,2H3,(H,8,9). The van der Waals surface area contributed by atoms with Crippen LogP contribution < -0.4 is 0 Å². The van der Waals surface area contributed by atoms with E-state index < -0.39 is 17.3 Å². The summed E-state index contributed by atoms with van der Waals surface area (Å²) < 4.78 is 26.8. The first kappa shape index (κ1) is 11.3. The molecule has 0 aromatic rings. The first-order valence-corrected chi connectivity index (χ1v) is 4.14. The van der Waals surface area contributed by atoms with Crippen LogP contribution in [0.2, 0.25) is 0 Å². The van der Waals surface area contributed by atoms with Gasteiger partial charge in [0.1, 0.15) is 13.2 Å². The Morgan fingerprint density at radius 2 is 2.17 bits per heavy atom. The van der Waals surface area contributed by atoms with E-state index in [4.69, 9.17) is 4.55 Å². The highest BCUT2D eigenvalue weighted by Gasteiger charge is 2.02. The Morgan fingerprint density at radius 3 is 2.58 bits per heavy atom. The summed E-state index contributed by atoms with van der Waals surface area (Å²) in [5.74, 6) is -0.540. The van der Waals surface area contributed by atoms with Crippen molar-refractivity contribution < 1.29 is 22.5 Å². The third-order valence-corrected chi connectivity index (χ3v) is 1.22. The van der Waals surface area contributed by atoms with Gasteiger partial charge in [-0.2, -0.15) is 4.21 Å². The monoisotopic (exact) mass is 194 g/mol. The summed E-state index contributed by atoms with van der Waals surface area (Å²) in [6.45, 7) is 4.68. The van der Waals surface area contributed by atoms with E-state index >= 15 is 0 Å². The van der Waals surface area contributed by atoms with Crippen LogP contribution in [0.5, 0.6) is 0 Å². The number of hydrogen-bond donors (Lipinski definition) is 1. The molecule has 6 heteroatoms. The van der Waals surface area contributed by atoms with E-state index in [2.05, 4.69) is 15.5 Å². The fraction of sp³-hybridized carbons (Fsp3) is 0.500. The van der Waals surface area contributed by atoms with Gasteiger partial charge in [-0.25, -0.2) is 4.79 Å². The lowest BCUT2D eigenvalue weighted by atomic mass is 10.4. The second-order valence-corrected chi connectivity index (χ2v) is 2.63. The normalized spacial score (nSPS) is 12.2. The summed E-state index contributed by atoms with van der Waals surface area (Å²) in [6.07, 6.45) is 0. The van der Waals surface area contributed by atoms with Crippen LogP contribution in [0, 0.1) is 0 Å². The molecule has 0 bridgehead atoms. The Balaban J connectivity index is 3.38. The molecule has 0 spiro atoms. The molecule has 0 saturated carbocycles. The maximum atomic E-state index is 10.7. The molecule has 0 aliphatic heterocycles. The SMILES string of the molecule is C=C(C)C(=O)OCCOS(=O)O. The zero-order valence-electron chi connectivity index (χ0n) is 6.61. The van der Waals surface area contributed by atoms with E-state index in [1.165, 1.54) is 6.92 Å². The molecule has 70 valence electrons. The van der Waals surface area contributed by atoms with Crippen LogP contribution in [0.4, 0.5) is 0 Å². The van der Waals surface area contributed by atoms with Crippen LogP contribution in [0.3, 0.4) is 0 Å². The van der Waals surface area contributed by atoms with Gasteiger partial charge >= 0.3 is 17.3 Å². The van der Waals surface area contributed by atoms with E-state index in [0.29, 0.717) is 0 Å². The summed E-state index contributed by atoms with van der Waals surface area (Å²) in [7, 11) is 0. The maximum Gasteiger partial charge on any atom is 0.333 e. The highest BCUT2D eigenvalue weighted by Crippen LogP contribution is 1.91. The molecule has 1 N–H and O–H groups in total. The first-order valence-electron chi connectivity index (χ1n) is 3.11. The average molecular weight is 194 g/mol. The van der Waals surface area contributed by atoms with Crippen molar-refractivity contribution in [2.24, 2.45) is 0 Å². The molecule has 0 aliphatic rings. The van der Waals surface area contributed by atoms with Gasteiger partial charge in [0.05, 0.1) is 0 Å². The largest absolute Gasteiger partial charge is 0.460 e. The number of hydrogen-bond acceptors (Lipinski definition) is 4. The Hall–Kier alpha value is -0.720. The van der Waals surface area contributed by atoms with Crippen LogP contribution in [-0.2, 0) is 25.1 Å². The summed E-state index contributed by atoms with van der Waals surface area (Å²) in [5, 5.41) is 0. The van der Waals surface area contributed by atoms with Gasteiger partial charge in [-0.05, 0) is 6.92 Å². The van der Waals surface area contributed by atoms with Crippen molar-refractivity contribution in [3.05, 3.63) is 12.2 Å². The highest BCUT2D eigenvalue weighted by atomic mass is 32.2. The van der Waals surface area contributed by atoms with Crippen molar-refractivity contribution in [3.8, 4) is 0 Å². The molecule has 12 heavy (non-hydrogen) atoms. The van der Waals surface area contributed by atoms with Crippen molar-refractivity contribution in [3.63, 3.8) is 0 Å². The molecule has 1 atom stereocenters. The molecule has 0 aromatic carbocycles. The minimum atomic E-state index is -2.30. The second kappa shape index (κ2) is 5.87. The summed E-state index contributed by atoms with van der Waals surface area (Å²) in [6, 6.07) is 0. The van der Waals surface area contributed by atoms with Gasteiger partial charge in [0.15, 0.2) is 0 Å². The Kier molecular flexibility index (Phi) is 5.52. The number of esters is 1. The van der Waals surface area contributed by atoms with Crippen molar-refractivity contribution >= 4 is 17.3 Å². The quantitative estimate of drug-likeness (QED) is 0.294. The van der Waals surface area contributed by atoms with Crippen molar-refractivity contribution in [1.82, 2.24) is 0 Å². The maximum absolute atomic E-state index is 10.7. The second-order valence-electron chi connectivity index (χ2n) is 1.96. The molecular weight excluding hydrogens is 184 g/mol. The number of rotatable bonds is 5. The number of ether oxygens (including phenoxy) is 1. The van der Waals surface area contributed by atoms with Crippen LogP contribution in [0.1, 0.15) is 6.92 Å². The number of carbonyl (C=O) groups excluding carboxylic acids is 1. The van der Waals surface area contributed by atoms with Crippen molar-refractivity contribution in [1.29, 1.82) is 0 Å². The van der Waals surface area contributed by atoms with E-state index in [-0.39, 0.29) is 18.8 Å². The zero-order chi connectivity index (χ0) is 9.56. The van der Waals surface area contributed by atoms with E-state index in [0.717, 1.165) is 0 Å². The first-order chi connectivity index (χ1) is 5.54. The average Bonchev–Trinajstić information content (AvgIpc) is 1.97. The Bertz CT molecular complexity index is 200. The minimum absolute atomic E-state index is 0.0575. The van der Waals surface area contributed by atoms with Crippen LogP contribution in [0.25, 0.3) is 0 Å². The molecule has 1 unspecified atom stereocenters. The zero-order valence-corrected chi connectivity index (χ0v) is 7.43. The van der Waals surface area contributed by atoms with Gasteiger partial charge in [-0.15, -0.1) is 0 Å². The summed E-state index contributed by atoms with van der Waals surface area (Å²) in [4.78, 5) is 10.7. The Morgan fingerprint density at radius 1 is 1.58 bits per heavy atom. The molecule has 0 heterocycles. The lowest BCUT2D eigenvalue weighted by Crippen LogP contribution is -2.11. The van der Waals surface area contributed by atoms with Gasteiger partial charge in [0.2, 0.25) is 0 Å². The van der Waals surface area contributed by atoms with Gasteiger partial charge in [0, 0.05) is 5.57 Å². The fourth-order valence-electron chi connectivity index (χ4n) is 0.363. The molecule has 5 nitrogen and oxygen atoms in total. The van der Waals surface area contributed by atoms with Gasteiger partial charge in [-0.1, -0.05) is 6.58 Å². The Labute approximate surface area is 72.8 Å². The fourth-order valence-corrected chi connectivity index (χ4v) is 0.573. The molecule has 0 amide bonds. The summed E-state index contributed by atoms with van der Waals surface area (Å²) >= 11 is -2.30. The smallest absolute Gasteiger partial charge is 0.333 e. The molecule has 0 aromatic heterocycles. The third kappa shape index (κ3) is 6.02. The van der Waals surface area contributed by atoms with Crippen LogP contribution >= 0.6 is 0 Å². The molecule has 0 fully saturated rings. The highest BCUT2D eigenvalue weighted by molar-refractivity contribution is 7.74. The number of carbonyl (C=O) groups is 1. The third-order valence-electron chi connectivity index (χ3n) is 0.849. The van der Waals surface area contributed by atoms with E-state index in [9.17, 15) is 9.00 Å². The van der Waals surface area contributed by atoms with Crippen LogP contribution in [-0.4, -0.2) is 27.9 Å². The molecular formula is C6H10O5S.